The third-order valence-electron chi connectivity index (χ3n) is 3.89. The number of benzene rings is 1. The second-order valence-corrected chi connectivity index (χ2v) is 5.28. The normalized spacial score (nSPS) is 15.9. The van der Waals surface area contributed by atoms with E-state index in [-0.39, 0.29) is 18.1 Å². The Bertz CT molecular complexity index is 673. The minimum Gasteiger partial charge on any atom is -0.478 e. The molecule has 1 aromatic carbocycles. The number of rotatable bonds is 4. The molecular weight excluding hydrogens is 286 g/mol. The SMILES string of the molecule is O=C(O)c1ccc(CO)c(-c2cnc(C3CCOCC3)o2)c1. The van der Waals surface area contributed by atoms with E-state index in [9.17, 15) is 9.90 Å². The minimum atomic E-state index is -1.02. The molecule has 0 unspecified atom stereocenters. The van der Waals surface area contributed by atoms with Crippen LogP contribution in [0.2, 0.25) is 0 Å². The van der Waals surface area contributed by atoms with Gasteiger partial charge in [-0.2, -0.15) is 0 Å². The van der Waals surface area contributed by atoms with Gasteiger partial charge in [0, 0.05) is 24.7 Å². The lowest BCUT2D eigenvalue weighted by Gasteiger charge is -2.18. The van der Waals surface area contributed by atoms with Crippen molar-refractivity contribution in [3.8, 4) is 11.3 Å². The largest absolute Gasteiger partial charge is 0.478 e. The van der Waals surface area contributed by atoms with Gasteiger partial charge in [-0.1, -0.05) is 6.07 Å². The van der Waals surface area contributed by atoms with Crippen molar-refractivity contribution in [2.24, 2.45) is 0 Å². The predicted molar refractivity (Wildman–Crippen MR) is 77.6 cm³/mol. The highest BCUT2D eigenvalue weighted by molar-refractivity contribution is 5.89. The Morgan fingerprint density at radius 3 is 2.77 bits per heavy atom. The maximum atomic E-state index is 11.1. The van der Waals surface area contributed by atoms with Gasteiger partial charge in [0.2, 0.25) is 0 Å². The Kier molecular flexibility index (Phi) is 4.22. The van der Waals surface area contributed by atoms with Crippen LogP contribution in [0, 0.1) is 0 Å². The van der Waals surface area contributed by atoms with Crippen LogP contribution >= 0.6 is 0 Å². The second kappa shape index (κ2) is 6.29. The van der Waals surface area contributed by atoms with Crippen molar-refractivity contribution >= 4 is 5.97 Å². The van der Waals surface area contributed by atoms with E-state index >= 15 is 0 Å². The minimum absolute atomic E-state index is 0.149. The molecule has 1 fully saturated rings. The Labute approximate surface area is 127 Å². The Hall–Kier alpha value is -2.18. The fourth-order valence-corrected chi connectivity index (χ4v) is 2.62. The van der Waals surface area contributed by atoms with Crippen molar-refractivity contribution in [2.75, 3.05) is 13.2 Å². The lowest BCUT2D eigenvalue weighted by molar-refractivity contribution is 0.0696. The molecule has 2 heterocycles. The van der Waals surface area contributed by atoms with E-state index in [1.807, 2.05) is 0 Å². The number of aliphatic hydroxyl groups excluding tert-OH is 1. The zero-order chi connectivity index (χ0) is 15.5. The summed E-state index contributed by atoms with van der Waals surface area (Å²) in [5.41, 5.74) is 1.32. The first kappa shape index (κ1) is 14.7. The first-order chi connectivity index (χ1) is 10.7. The number of aromatic carboxylic acids is 1. The van der Waals surface area contributed by atoms with E-state index in [1.54, 1.807) is 12.3 Å². The van der Waals surface area contributed by atoms with Crippen LogP contribution in [0.5, 0.6) is 0 Å². The molecular formula is C16H17NO5. The van der Waals surface area contributed by atoms with Gasteiger partial charge < -0.3 is 19.4 Å². The van der Waals surface area contributed by atoms with E-state index in [2.05, 4.69) is 4.98 Å². The Balaban J connectivity index is 1.94. The summed E-state index contributed by atoms with van der Waals surface area (Å²) in [5, 5.41) is 18.5. The molecule has 2 N–H and O–H groups in total. The van der Waals surface area contributed by atoms with Crippen molar-refractivity contribution in [1.29, 1.82) is 0 Å². The zero-order valence-electron chi connectivity index (χ0n) is 12.0. The highest BCUT2D eigenvalue weighted by Crippen LogP contribution is 2.31. The summed E-state index contributed by atoms with van der Waals surface area (Å²) in [6.45, 7) is 1.19. The standard InChI is InChI=1S/C16H17NO5/c18-9-12-2-1-11(16(19)20)7-13(12)14-8-17-15(22-14)10-3-5-21-6-4-10/h1-2,7-8,10,18H,3-6,9H2,(H,19,20). The van der Waals surface area contributed by atoms with Crippen LogP contribution in [-0.4, -0.2) is 34.4 Å². The second-order valence-electron chi connectivity index (χ2n) is 5.28. The van der Waals surface area contributed by atoms with Gasteiger partial charge in [-0.15, -0.1) is 0 Å². The topological polar surface area (TPSA) is 92.8 Å². The van der Waals surface area contributed by atoms with Gasteiger partial charge >= 0.3 is 5.97 Å². The van der Waals surface area contributed by atoms with Crippen LogP contribution < -0.4 is 0 Å². The number of nitrogens with zero attached hydrogens (tertiary/aromatic N) is 1. The van der Waals surface area contributed by atoms with Gasteiger partial charge in [-0.25, -0.2) is 9.78 Å². The van der Waals surface area contributed by atoms with Crippen molar-refractivity contribution in [3.05, 3.63) is 41.4 Å². The third-order valence-corrected chi connectivity index (χ3v) is 3.89. The third kappa shape index (κ3) is 2.88. The molecule has 6 nitrogen and oxygen atoms in total. The molecule has 0 bridgehead atoms. The van der Waals surface area contributed by atoms with Gasteiger partial charge in [0.05, 0.1) is 18.4 Å². The first-order valence-corrected chi connectivity index (χ1v) is 7.20. The molecule has 1 aliphatic rings. The molecule has 0 radical (unpaired) electrons. The number of hydrogen-bond acceptors (Lipinski definition) is 5. The van der Waals surface area contributed by atoms with Crippen LogP contribution in [0.4, 0.5) is 0 Å². The summed E-state index contributed by atoms with van der Waals surface area (Å²) >= 11 is 0. The number of carbonyl (C=O) groups is 1. The molecule has 22 heavy (non-hydrogen) atoms. The number of hydrogen-bond donors (Lipinski definition) is 2. The molecule has 116 valence electrons. The molecule has 0 aliphatic carbocycles. The van der Waals surface area contributed by atoms with Crippen molar-refractivity contribution < 1.29 is 24.2 Å². The molecule has 6 heteroatoms. The van der Waals surface area contributed by atoms with Crippen LogP contribution in [-0.2, 0) is 11.3 Å². The lowest BCUT2D eigenvalue weighted by Crippen LogP contribution is -2.14. The fraction of sp³-hybridized carbons (Fsp3) is 0.375. The maximum absolute atomic E-state index is 11.1. The predicted octanol–water partition coefficient (Wildman–Crippen LogP) is 2.43. The molecule has 1 aliphatic heterocycles. The first-order valence-electron chi connectivity index (χ1n) is 7.20. The van der Waals surface area contributed by atoms with Gasteiger partial charge in [-0.05, 0) is 30.5 Å². The zero-order valence-corrected chi connectivity index (χ0v) is 12.0. The molecule has 0 spiro atoms. The number of aromatic nitrogens is 1. The molecule has 1 aromatic heterocycles. The highest BCUT2D eigenvalue weighted by atomic mass is 16.5. The number of carboxylic acids is 1. The van der Waals surface area contributed by atoms with Gasteiger partial charge in [0.15, 0.2) is 11.7 Å². The van der Waals surface area contributed by atoms with E-state index in [0.717, 1.165) is 12.8 Å². The summed E-state index contributed by atoms with van der Waals surface area (Å²) in [6, 6.07) is 4.56. The maximum Gasteiger partial charge on any atom is 0.335 e. The number of aliphatic hydroxyl groups is 1. The molecule has 0 amide bonds. The number of ether oxygens (including phenoxy) is 1. The summed E-state index contributed by atoms with van der Waals surface area (Å²) < 4.78 is 11.1. The Morgan fingerprint density at radius 2 is 2.09 bits per heavy atom. The Morgan fingerprint density at radius 1 is 1.32 bits per heavy atom. The van der Waals surface area contributed by atoms with Crippen molar-refractivity contribution in [1.82, 2.24) is 4.98 Å². The number of oxazole rings is 1. The van der Waals surface area contributed by atoms with Crippen LogP contribution in [0.1, 0.15) is 40.6 Å². The van der Waals surface area contributed by atoms with Crippen LogP contribution in [0.15, 0.2) is 28.8 Å². The van der Waals surface area contributed by atoms with E-state index in [1.165, 1.54) is 12.1 Å². The van der Waals surface area contributed by atoms with E-state index in [4.69, 9.17) is 14.3 Å². The smallest absolute Gasteiger partial charge is 0.335 e. The lowest BCUT2D eigenvalue weighted by atomic mass is 10.0. The van der Waals surface area contributed by atoms with Gasteiger partial charge in [-0.3, -0.25) is 0 Å². The van der Waals surface area contributed by atoms with E-state index < -0.39 is 5.97 Å². The average Bonchev–Trinajstić information content (AvgIpc) is 3.05. The number of carboxylic acid groups (broad SMARTS) is 1. The van der Waals surface area contributed by atoms with Crippen molar-refractivity contribution in [3.63, 3.8) is 0 Å². The molecule has 0 saturated carbocycles. The van der Waals surface area contributed by atoms with Crippen LogP contribution in [0.25, 0.3) is 11.3 Å². The quantitative estimate of drug-likeness (QED) is 0.901. The molecule has 2 aromatic rings. The monoisotopic (exact) mass is 303 g/mol. The van der Waals surface area contributed by atoms with Crippen LogP contribution in [0.3, 0.4) is 0 Å². The molecule has 1 saturated heterocycles. The summed E-state index contributed by atoms with van der Waals surface area (Å²) in [5.74, 6) is 0.328. The fourth-order valence-electron chi connectivity index (χ4n) is 2.62. The summed E-state index contributed by atoms with van der Waals surface area (Å²) in [7, 11) is 0. The van der Waals surface area contributed by atoms with Gasteiger partial charge in [0.1, 0.15) is 0 Å². The molecule has 0 atom stereocenters. The van der Waals surface area contributed by atoms with E-state index in [0.29, 0.717) is 36.0 Å². The molecule has 3 rings (SSSR count). The van der Waals surface area contributed by atoms with Gasteiger partial charge in [0.25, 0.3) is 0 Å². The average molecular weight is 303 g/mol. The summed E-state index contributed by atoms with van der Waals surface area (Å²) in [4.78, 5) is 15.4. The summed E-state index contributed by atoms with van der Waals surface area (Å²) in [6.07, 6.45) is 3.31. The van der Waals surface area contributed by atoms with Crippen molar-refractivity contribution in [2.45, 2.75) is 25.4 Å². The highest BCUT2D eigenvalue weighted by Gasteiger charge is 2.22.